The van der Waals surface area contributed by atoms with E-state index < -0.39 is 5.91 Å². The zero-order chi connectivity index (χ0) is 20.1. The molecule has 3 rings (SSSR count). The third-order valence-electron chi connectivity index (χ3n) is 4.06. The molecule has 0 radical (unpaired) electrons. The predicted octanol–water partition coefficient (Wildman–Crippen LogP) is 4.47. The number of nitriles is 1. The number of carbonyl (C=O) groups excluding carboxylic acids is 1. The van der Waals surface area contributed by atoms with E-state index in [0.717, 1.165) is 5.56 Å². The number of ether oxygens (including phenoxy) is 1. The number of aromatic nitrogens is 2. The molecule has 0 aliphatic carbocycles. The summed E-state index contributed by atoms with van der Waals surface area (Å²) in [6.07, 6.45) is 1.52. The van der Waals surface area contributed by atoms with Gasteiger partial charge in [-0.05, 0) is 61.4 Å². The zero-order valence-corrected chi connectivity index (χ0v) is 15.5. The summed E-state index contributed by atoms with van der Waals surface area (Å²) in [6.45, 7) is 3.87. The quantitative estimate of drug-likeness (QED) is 0.488. The third kappa shape index (κ3) is 4.51. The summed E-state index contributed by atoms with van der Waals surface area (Å²) >= 11 is 0. The van der Waals surface area contributed by atoms with Gasteiger partial charge in [0, 0.05) is 5.69 Å². The minimum absolute atomic E-state index is 0.00817. The highest BCUT2D eigenvalue weighted by atomic mass is 19.1. The van der Waals surface area contributed by atoms with E-state index >= 15 is 0 Å². The van der Waals surface area contributed by atoms with Crippen molar-refractivity contribution in [3.63, 3.8) is 0 Å². The summed E-state index contributed by atoms with van der Waals surface area (Å²) in [4.78, 5) is 12.5. The van der Waals surface area contributed by atoms with Gasteiger partial charge in [0.15, 0.2) is 0 Å². The van der Waals surface area contributed by atoms with Crippen LogP contribution < -0.4 is 4.74 Å². The van der Waals surface area contributed by atoms with E-state index in [-0.39, 0.29) is 11.4 Å². The van der Waals surface area contributed by atoms with Crippen LogP contribution in [0.25, 0.3) is 6.08 Å². The first-order chi connectivity index (χ1) is 13.5. The maximum atomic E-state index is 12.9. The third-order valence-corrected chi connectivity index (χ3v) is 4.06. The van der Waals surface area contributed by atoms with Gasteiger partial charge in [-0.3, -0.25) is 4.79 Å². The van der Waals surface area contributed by atoms with E-state index in [2.05, 4.69) is 5.10 Å². The van der Waals surface area contributed by atoms with Crippen LogP contribution in [0.2, 0.25) is 0 Å². The van der Waals surface area contributed by atoms with Gasteiger partial charge in [-0.2, -0.15) is 10.4 Å². The van der Waals surface area contributed by atoms with Crippen molar-refractivity contribution in [2.45, 2.75) is 20.5 Å². The van der Waals surface area contributed by atoms with Crippen molar-refractivity contribution in [2.75, 3.05) is 0 Å². The van der Waals surface area contributed by atoms with Crippen LogP contribution in [0, 0.1) is 31.0 Å². The fourth-order valence-corrected chi connectivity index (χ4v) is 2.66. The monoisotopic (exact) mass is 375 g/mol. The number of allylic oxidation sites excluding steroid dienone is 1. The van der Waals surface area contributed by atoms with Crippen molar-refractivity contribution in [2.24, 2.45) is 0 Å². The Labute approximate surface area is 162 Å². The minimum Gasteiger partial charge on any atom is -0.489 e. The van der Waals surface area contributed by atoms with Crippen LogP contribution in [0.4, 0.5) is 4.39 Å². The predicted molar refractivity (Wildman–Crippen MR) is 103 cm³/mol. The van der Waals surface area contributed by atoms with Crippen molar-refractivity contribution in [1.29, 1.82) is 5.26 Å². The maximum Gasteiger partial charge on any atom is 0.289 e. The largest absolute Gasteiger partial charge is 0.489 e. The number of benzene rings is 2. The second kappa shape index (κ2) is 8.31. The van der Waals surface area contributed by atoms with Gasteiger partial charge in [0.25, 0.3) is 5.91 Å². The molecule has 0 N–H and O–H groups in total. The van der Waals surface area contributed by atoms with Crippen LogP contribution in [0.1, 0.15) is 27.3 Å². The van der Waals surface area contributed by atoms with E-state index in [9.17, 15) is 14.4 Å². The van der Waals surface area contributed by atoms with Gasteiger partial charge in [-0.25, -0.2) is 9.07 Å². The van der Waals surface area contributed by atoms with Gasteiger partial charge in [0.2, 0.25) is 0 Å². The number of aryl methyl sites for hydroxylation is 2. The van der Waals surface area contributed by atoms with E-state index in [1.54, 1.807) is 56.3 Å². The first-order valence-electron chi connectivity index (χ1n) is 8.63. The molecule has 0 fully saturated rings. The highest BCUT2D eigenvalue weighted by molar-refractivity contribution is 6.03. The van der Waals surface area contributed by atoms with Gasteiger partial charge in [-0.1, -0.05) is 24.3 Å². The second-order valence-corrected chi connectivity index (χ2v) is 6.30. The Balaban J connectivity index is 1.71. The van der Waals surface area contributed by atoms with Crippen molar-refractivity contribution in [3.8, 4) is 11.8 Å². The van der Waals surface area contributed by atoms with Gasteiger partial charge >= 0.3 is 0 Å². The van der Waals surface area contributed by atoms with Crippen LogP contribution in [0.15, 0.2) is 60.2 Å². The lowest BCUT2D eigenvalue weighted by atomic mass is 10.1. The Bertz CT molecular complexity index is 1060. The van der Waals surface area contributed by atoms with Crippen LogP contribution in [0.3, 0.4) is 0 Å². The molecule has 0 saturated heterocycles. The molecule has 0 atom stereocenters. The van der Waals surface area contributed by atoms with Gasteiger partial charge < -0.3 is 4.74 Å². The lowest BCUT2D eigenvalue weighted by Crippen LogP contribution is -2.15. The molecule has 0 amide bonds. The van der Waals surface area contributed by atoms with Gasteiger partial charge in [-0.15, -0.1) is 0 Å². The highest BCUT2D eigenvalue weighted by Crippen LogP contribution is 2.17. The summed E-state index contributed by atoms with van der Waals surface area (Å²) in [5.41, 5.74) is 2.93. The number of rotatable bonds is 5. The molecule has 0 unspecified atom stereocenters. The van der Waals surface area contributed by atoms with Crippen molar-refractivity contribution < 1.29 is 13.9 Å². The summed E-state index contributed by atoms with van der Waals surface area (Å²) in [5, 5.41) is 13.5. The van der Waals surface area contributed by atoms with E-state index in [1.165, 1.54) is 22.9 Å². The number of nitrogens with zero attached hydrogens (tertiary/aromatic N) is 3. The zero-order valence-electron chi connectivity index (χ0n) is 15.5. The normalized spacial score (nSPS) is 11.1. The fourth-order valence-electron chi connectivity index (χ4n) is 2.66. The number of hydrogen-bond acceptors (Lipinski definition) is 4. The van der Waals surface area contributed by atoms with Crippen molar-refractivity contribution in [3.05, 3.63) is 88.5 Å². The van der Waals surface area contributed by atoms with Gasteiger partial charge in [0.05, 0.1) is 5.69 Å². The molecule has 1 heterocycles. The second-order valence-electron chi connectivity index (χ2n) is 6.30. The molecule has 140 valence electrons. The molecule has 6 heteroatoms. The Kier molecular flexibility index (Phi) is 5.66. The molecule has 0 aliphatic heterocycles. The molecule has 5 nitrogen and oxygen atoms in total. The Hall–Kier alpha value is -3.72. The first-order valence-corrected chi connectivity index (χ1v) is 8.63. The van der Waals surface area contributed by atoms with E-state index in [1.807, 2.05) is 6.07 Å². The molecule has 1 aromatic heterocycles. The standard InChI is InChI=1S/C22H18FN3O2/c1-15-11-16(2)26(25-15)22(27)19(13-24)12-17-5-9-21(10-6-17)28-14-18-3-7-20(23)8-4-18/h3-12H,14H2,1-2H3/b19-12+. The molecule has 0 saturated carbocycles. The Morgan fingerprint density at radius 2 is 1.86 bits per heavy atom. The van der Waals surface area contributed by atoms with Gasteiger partial charge in [0.1, 0.15) is 29.8 Å². The number of carbonyl (C=O) groups is 1. The van der Waals surface area contributed by atoms with Crippen molar-refractivity contribution >= 4 is 12.0 Å². The van der Waals surface area contributed by atoms with Crippen LogP contribution >= 0.6 is 0 Å². The lowest BCUT2D eigenvalue weighted by Gasteiger charge is -2.07. The van der Waals surface area contributed by atoms with Crippen LogP contribution in [0.5, 0.6) is 5.75 Å². The van der Waals surface area contributed by atoms with Crippen LogP contribution in [-0.4, -0.2) is 15.7 Å². The fraction of sp³-hybridized carbons (Fsp3) is 0.136. The Morgan fingerprint density at radius 3 is 2.43 bits per heavy atom. The average Bonchev–Trinajstić information content (AvgIpc) is 3.04. The molecule has 28 heavy (non-hydrogen) atoms. The smallest absolute Gasteiger partial charge is 0.289 e. The molecule has 0 bridgehead atoms. The van der Waals surface area contributed by atoms with Crippen LogP contribution in [-0.2, 0) is 6.61 Å². The Morgan fingerprint density at radius 1 is 1.18 bits per heavy atom. The molecule has 2 aromatic carbocycles. The molecule has 0 aliphatic rings. The van der Waals surface area contributed by atoms with E-state index in [4.69, 9.17) is 4.74 Å². The number of hydrogen-bond donors (Lipinski definition) is 0. The summed E-state index contributed by atoms with van der Waals surface area (Å²) < 4.78 is 19.8. The molecular formula is C22H18FN3O2. The number of halogens is 1. The molecular weight excluding hydrogens is 357 g/mol. The maximum absolute atomic E-state index is 12.9. The average molecular weight is 375 g/mol. The SMILES string of the molecule is Cc1cc(C)n(C(=O)/C(C#N)=C/c2ccc(OCc3ccc(F)cc3)cc2)n1. The summed E-state index contributed by atoms with van der Waals surface area (Å²) in [5.74, 6) is -0.127. The summed E-state index contributed by atoms with van der Waals surface area (Å²) in [6, 6.07) is 16.8. The lowest BCUT2D eigenvalue weighted by molar-refractivity contribution is 0.0943. The first kappa shape index (κ1) is 19.1. The van der Waals surface area contributed by atoms with Crippen molar-refractivity contribution in [1.82, 2.24) is 9.78 Å². The highest BCUT2D eigenvalue weighted by Gasteiger charge is 2.15. The van der Waals surface area contributed by atoms with E-state index in [0.29, 0.717) is 29.3 Å². The topological polar surface area (TPSA) is 67.9 Å². The molecule has 0 spiro atoms. The molecule has 3 aromatic rings. The summed E-state index contributed by atoms with van der Waals surface area (Å²) in [7, 11) is 0. The minimum atomic E-state index is -0.468.